The molecule has 0 aliphatic heterocycles. The quantitative estimate of drug-likeness (QED) is 0.242. The Balaban J connectivity index is 1.21. The highest BCUT2D eigenvalue weighted by Crippen LogP contribution is 2.49. The molecule has 154 valence electrons. The summed E-state index contributed by atoms with van der Waals surface area (Å²) in [5, 5.41) is 3.95. The first-order valence-corrected chi connectivity index (χ1v) is 11.6. The van der Waals surface area contributed by atoms with Crippen LogP contribution in [0.2, 0.25) is 0 Å². The number of alkyl halides is 1. The standard InChI is InChI=1S/C26H26INO2/c1-29-22-12-9-20-13-14-26(27,24(20)15-22)28-25-16-23(25)19-7-10-21(11-8-19)30-17-18-5-3-2-4-6-18/h2-12,15,23,25,28H,13-14,16-17H2,1H3. The second-order valence-electron chi connectivity index (χ2n) is 8.26. The second-order valence-corrected chi connectivity index (χ2v) is 10.1. The van der Waals surface area contributed by atoms with Crippen LogP contribution in [-0.4, -0.2) is 13.2 Å². The summed E-state index contributed by atoms with van der Waals surface area (Å²) in [5.74, 6) is 2.45. The first kappa shape index (κ1) is 19.9. The van der Waals surface area contributed by atoms with Crippen molar-refractivity contribution in [1.82, 2.24) is 5.32 Å². The molecular formula is C26H26INO2. The molecule has 1 saturated carbocycles. The average Bonchev–Trinajstić information content (AvgIpc) is 3.47. The van der Waals surface area contributed by atoms with Gasteiger partial charge < -0.3 is 9.47 Å². The number of ether oxygens (including phenoxy) is 2. The van der Waals surface area contributed by atoms with Crippen LogP contribution in [0.5, 0.6) is 11.5 Å². The predicted octanol–water partition coefficient (Wildman–Crippen LogP) is 5.95. The van der Waals surface area contributed by atoms with Gasteiger partial charge in [-0.25, -0.2) is 0 Å². The van der Waals surface area contributed by atoms with E-state index in [-0.39, 0.29) is 3.55 Å². The van der Waals surface area contributed by atoms with Gasteiger partial charge >= 0.3 is 0 Å². The van der Waals surface area contributed by atoms with E-state index in [1.54, 1.807) is 7.11 Å². The topological polar surface area (TPSA) is 30.5 Å². The van der Waals surface area contributed by atoms with Gasteiger partial charge in [0.25, 0.3) is 0 Å². The van der Waals surface area contributed by atoms with Crippen LogP contribution in [0.3, 0.4) is 0 Å². The van der Waals surface area contributed by atoms with E-state index in [2.05, 4.69) is 82.5 Å². The molecule has 0 amide bonds. The molecule has 1 fully saturated rings. The third-order valence-corrected chi connectivity index (χ3v) is 7.68. The summed E-state index contributed by atoms with van der Waals surface area (Å²) in [6.45, 7) is 0.605. The van der Waals surface area contributed by atoms with Gasteiger partial charge in [-0.15, -0.1) is 0 Å². The summed E-state index contributed by atoms with van der Waals surface area (Å²) < 4.78 is 11.4. The van der Waals surface area contributed by atoms with Crippen LogP contribution in [0.25, 0.3) is 0 Å². The van der Waals surface area contributed by atoms with Crippen molar-refractivity contribution in [3.63, 3.8) is 0 Å². The number of methoxy groups -OCH3 is 1. The van der Waals surface area contributed by atoms with Crippen molar-refractivity contribution in [3.05, 3.63) is 95.1 Å². The van der Waals surface area contributed by atoms with E-state index in [1.165, 1.54) is 28.7 Å². The van der Waals surface area contributed by atoms with Crippen molar-refractivity contribution < 1.29 is 9.47 Å². The smallest absolute Gasteiger partial charge is 0.119 e. The summed E-state index contributed by atoms with van der Waals surface area (Å²) in [6, 6.07) is 25.9. The monoisotopic (exact) mass is 511 g/mol. The van der Waals surface area contributed by atoms with Crippen LogP contribution in [-0.2, 0) is 16.6 Å². The van der Waals surface area contributed by atoms with Gasteiger partial charge in [-0.05, 0) is 65.8 Å². The maximum absolute atomic E-state index is 5.93. The fraction of sp³-hybridized carbons (Fsp3) is 0.308. The molecule has 3 aromatic rings. The molecule has 0 bridgehead atoms. The molecule has 5 rings (SSSR count). The van der Waals surface area contributed by atoms with E-state index in [0.29, 0.717) is 18.6 Å². The molecule has 3 atom stereocenters. The SMILES string of the molecule is COc1ccc2c(c1)C(I)(NC1CC1c1ccc(OCc3ccccc3)cc1)CC2. The Morgan fingerprint density at radius 3 is 2.53 bits per heavy atom. The number of fused-ring (bicyclic) bond motifs is 1. The lowest BCUT2D eigenvalue weighted by Crippen LogP contribution is -2.36. The summed E-state index contributed by atoms with van der Waals surface area (Å²) in [7, 11) is 1.74. The summed E-state index contributed by atoms with van der Waals surface area (Å²) in [4.78, 5) is 0. The molecular weight excluding hydrogens is 485 g/mol. The molecule has 0 radical (unpaired) electrons. The highest BCUT2D eigenvalue weighted by atomic mass is 127. The van der Waals surface area contributed by atoms with Crippen LogP contribution >= 0.6 is 22.6 Å². The maximum atomic E-state index is 5.93. The molecule has 4 heteroatoms. The number of benzene rings is 3. The molecule has 2 aliphatic rings. The summed E-state index contributed by atoms with van der Waals surface area (Å²) in [6.07, 6.45) is 3.44. The van der Waals surface area contributed by atoms with Gasteiger partial charge in [0.05, 0.1) is 10.7 Å². The molecule has 0 spiro atoms. The molecule has 3 nitrogen and oxygen atoms in total. The first-order chi connectivity index (χ1) is 14.6. The van der Waals surface area contributed by atoms with E-state index in [0.717, 1.165) is 24.3 Å². The van der Waals surface area contributed by atoms with E-state index >= 15 is 0 Å². The number of hydrogen-bond acceptors (Lipinski definition) is 3. The predicted molar refractivity (Wildman–Crippen MR) is 129 cm³/mol. The Hall–Kier alpha value is -2.05. The van der Waals surface area contributed by atoms with Crippen LogP contribution in [0, 0.1) is 0 Å². The lowest BCUT2D eigenvalue weighted by Gasteiger charge is -2.26. The molecule has 0 aromatic heterocycles. The van der Waals surface area contributed by atoms with Crippen molar-refractivity contribution in [2.45, 2.75) is 41.4 Å². The zero-order valence-corrected chi connectivity index (χ0v) is 19.3. The fourth-order valence-corrected chi connectivity index (χ4v) is 5.60. The fourth-order valence-electron chi connectivity index (χ4n) is 4.43. The Morgan fingerprint density at radius 2 is 1.77 bits per heavy atom. The third-order valence-electron chi connectivity index (χ3n) is 6.24. The van der Waals surface area contributed by atoms with Gasteiger partial charge in [0, 0.05) is 12.0 Å². The van der Waals surface area contributed by atoms with Crippen molar-refractivity contribution in [1.29, 1.82) is 0 Å². The normalized spacial score (nSPS) is 24.3. The van der Waals surface area contributed by atoms with Crippen LogP contribution in [0.15, 0.2) is 72.8 Å². The second kappa shape index (κ2) is 8.23. The van der Waals surface area contributed by atoms with Crippen molar-refractivity contribution >= 4 is 22.6 Å². The number of aryl methyl sites for hydroxylation is 1. The van der Waals surface area contributed by atoms with Gasteiger partial charge in [-0.1, -0.05) is 71.1 Å². The Kier molecular flexibility index (Phi) is 5.46. The largest absolute Gasteiger partial charge is 0.497 e. The molecule has 0 saturated heterocycles. The summed E-state index contributed by atoms with van der Waals surface area (Å²) in [5.41, 5.74) is 5.41. The lowest BCUT2D eigenvalue weighted by atomic mass is 10.1. The van der Waals surface area contributed by atoms with Gasteiger partial charge in [0.15, 0.2) is 0 Å². The molecule has 3 unspecified atom stereocenters. The highest BCUT2D eigenvalue weighted by molar-refractivity contribution is 14.1. The zero-order valence-electron chi connectivity index (χ0n) is 17.1. The minimum Gasteiger partial charge on any atom is -0.497 e. The Bertz CT molecular complexity index is 1020. The van der Waals surface area contributed by atoms with Gasteiger partial charge in [0.1, 0.15) is 18.1 Å². The molecule has 3 aromatic carbocycles. The zero-order chi connectivity index (χ0) is 20.6. The van der Waals surface area contributed by atoms with E-state index in [1.807, 2.05) is 18.2 Å². The molecule has 0 heterocycles. The van der Waals surface area contributed by atoms with E-state index < -0.39 is 0 Å². The van der Waals surface area contributed by atoms with Crippen LogP contribution in [0.1, 0.15) is 41.0 Å². The van der Waals surface area contributed by atoms with Gasteiger partial charge in [0.2, 0.25) is 0 Å². The number of halogens is 1. The van der Waals surface area contributed by atoms with Crippen molar-refractivity contribution in [2.75, 3.05) is 7.11 Å². The first-order valence-electron chi connectivity index (χ1n) is 10.6. The molecule has 1 N–H and O–H groups in total. The minimum atomic E-state index is -0.000213. The molecule has 2 aliphatic carbocycles. The average molecular weight is 511 g/mol. The lowest BCUT2D eigenvalue weighted by molar-refractivity contribution is 0.306. The van der Waals surface area contributed by atoms with E-state index in [4.69, 9.17) is 9.47 Å². The number of rotatable bonds is 7. The van der Waals surface area contributed by atoms with Crippen LogP contribution in [0.4, 0.5) is 0 Å². The van der Waals surface area contributed by atoms with Crippen LogP contribution < -0.4 is 14.8 Å². The van der Waals surface area contributed by atoms with Gasteiger partial charge in [-0.3, -0.25) is 5.32 Å². The number of nitrogens with one attached hydrogen (secondary N) is 1. The van der Waals surface area contributed by atoms with Crippen molar-refractivity contribution in [3.8, 4) is 11.5 Å². The Labute approximate surface area is 191 Å². The summed E-state index contributed by atoms with van der Waals surface area (Å²) >= 11 is 2.61. The van der Waals surface area contributed by atoms with E-state index in [9.17, 15) is 0 Å². The van der Waals surface area contributed by atoms with Gasteiger partial charge in [-0.2, -0.15) is 0 Å². The maximum Gasteiger partial charge on any atom is 0.119 e. The molecule has 30 heavy (non-hydrogen) atoms. The number of hydrogen-bond donors (Lipinski definition) is 1. The Morgan fingerprint density at radius 1 is 1.00 bits per heavy atom. The van der Waals surface area contributed by atoms with Crippen molar-refractivity contribution in [2.24, 2.45) is 0 Å². The third kappa shape index (κ3) is 4.08. The minimum absolute atomic E-state index is 0.000213. The highest BCUT2D eigenvalue weighted by Gasteiger charge is 2.46.